The minimum absolute atomic E-state index is 0.0144. The second kappa shape index (κ2) is 51.0. The molecule has 5 aliphatic rings. The van der Waals surface area contributed by atoms with Gasteiger partial charge in [-0.25, -0.2) is 9.59 Å². The van der Waals surface area contributed by atoms with Crippen molar-refractivity contribution in [1.82, 2.24) is 19.6 Å². The lowest BCUT2D eigenvalue weighted by Crippen LogP contribution is -2.67. The molecule has 0 aliphatic carbocycles. The number of amides is 4. The molecule has 4 amide bonds. The first kappa shape index (κ1) is 95.8. The third kappa shape index (κ3) is 26.9. The van der Waals surface area contributed by atoms with Gasteiger partial charge in [-0.15, -0.1) is 0 Å². The Morgan fingerprint density at radius 3 is 0.634 bits per heavy atom. The van der Waals surface area contributed by atoms with Gasteiger partial charge < -0.3 is 63.7 Å². The Bertz CT molecular complexity index is 4860. The monoisotopic (exact) mass is 1760 g/mol. The van der Waals surface area contributed by atoms with Crippen molar-refractivity contribution in [1.29, 1.82) is 0 Å². The molecule has 17 rings (SSSR count). The molecular formula is C112H120N4O15. The zero-order valence-electron chi connectivity index (χ0n) is 74.2. The minimum Gasteiger partial charge on any atom is -0.480 e. The van der Waals surface area contributed by atoms with Crippen molar-refractivity contribution in [3.8, 4) is 0 Å². The molecule has 0 spiro atoms. The van der Waals surface area contributed by atoms with Crippen molar-refractivity contribution < 1.29 is 72.9 Å². The van der Waals surface area contributed by atoms with Gasteiger partial charge in [-0.05, 0) is 131 Å². The second-order valence-electron chi connectivity index (χ2n) is 33.4. The summed E-state index contributed by atoms with van der Waals surface area (Å²) in [6, 6.07) is 116. The normalized spacial score (nSPS) is 18.1. The van der Waals surface area contributed by atoms with Gasteiger partial charge >= 0.3 is 11.9 Å². The quantitative estimate of drug-likeness (QED) is 0.0267. The van der Waals surface area contributed by atoms with E-state index in [0.29, 0.717) is 39.5 Å². The lowest BCUT2D eigenvalue weighted by atomic mass is 9.87. The van der Waals surface area contributed by atoms with E-state index in [1.165, 1.54) is 44.9 Å². The van der Waals surface area contributed by atoms with Gasteiger partial charge in [0.15, 0.2) is 12.1 Å². The summed E-state index contributed by atoms with van der Waals surface area (Å²) in [5.74, 6) is -4.29. The highest BCUT2D eigenvalue weighted by Gasteiger charge is 2.52. The van der Waals surface area contributed by atoms with Crippen LogP contribution in [-0.2, 0) is 78.1 Å². The van der Waals surface area contributed by atoms with Gasteiger partial charge in [0, 0.05) is 52.7 Å². The van der Waals surface area contributed by atoms with Gasteiger partial charge in [-0.2, -0.15) is 0 Å². The molecule has 0 radical (unpaired) electrons. The van der Waals surface area contributed by atoms with Crippen LogP contribution in [0, 0.1) is 0 Å². The van der Waals surface area contributed by atoms with E-state index in [0.717, 1.165) is 109 Å². The third-order valence-corrected chi connectivity index (χ3v) is 24.6. The number of benzene rings is 12. The van der Waals surface area contributed by atoms with Gasteiger partial charge in [-0.3, -0.25) is 19.2 Å². The smallest absolute Gasteiger partial charge is 0.329 e. The van der Waals surface area contributed by atoms with Crippen molar-refractivity contribution >= 4 is 35.6 Å². The number of carbonyl (C=O) groups is 6. The van der Waals surface area contributed by atoms with Crippen LogP contribution in [-0.4, -0.2) is 203 Å². The summed E-state index contributed by atoms with van der Waals surface area (Å²) in [5.41, 5.74) is 12.3. The largest absolute Gasteiger partial charge is 0.480 e. The molecule has 5 fully saturated rings. The molecular weight excluding hydrogens is 1640 g/mol. The Labute approximate surface area is 769 Å². The van der Waals surface area contributed by atoms with E-state index in [2.05, 4.69) is 48.5 Å². The summed E-state index contributed by atoms with van der Waals surface area (Å²) in [6.07, 6.45) is 8.47. The SMILES string of the molecule is C1CCOC1.O=C(C(c1ccccc1)c1ccccc1)N1C[C@@H](OCCCc2ccccc2)[C@@H]1CO.O=C(C(c1ccccc1)c1ccccc1)N1C[C@H](OCCCc2ccccc2)[C@H]1CO.O=C(O)[C@@H]1[C@@H](OCCCc2ccccc2)CN1C(=O)C(c1ccccc1)c1ccccc1.O=C(O)[C@H]1[C@H](OCCCc2ccccc2)CN1C(=O)C(c1ccccc1)c1ccccc1. The first-order chi connectivity index (χ1) is 64.3. The number of aliphatic carboxylic acids is 2. The molecule has 678 valence electrons. The van der Waals surface area contributed by atoms with Crippen LogP contribution in [0.2, 0.25) is 0 Å². The van der Waals surface area contributed by atoms with E-state index in [-0.39, 0.29) is 86.1 Å². The van der Waals surface area contributed by atoms with Crippen molar-refractivity contribution in [2.24, 2.45) is 0 Å². The van der Waals surface area contributed by atoms with Crippen LogP contribution in [0.3, 0.4) is 0 Å². The molecule has 19 nitrogen and oxygen atoms in total. The van der Waals surface area contributed by atoms with Crippen LogP contribution >= 0.6 is 0 Å². The molecule has 0 aromatic heterocycles. The molecule has 19 heteroatoms. The topological polar surface area (TPSA) is 242 Å². The van der Waals surface area contributed by atoms with Gasteiger partial charge in [0.2, 0.25) is 23.6 Å². The first-order valence-electron chi connectivity index (χ1n) is 45.8. The van der Waals surface area contributed by atoms with Crippen molar-refractivity contribution in [3.63, 3.8) is 0 Å². The van der Waals surface area contributed by atoms with Crippen LogP contribution in [0.4, 0.5) is 0 Å². The fraction of sp³-hybridized carbons (Fsp3) is 0.304. The number of aryl methyl sites for hydroxylation is 4. The lowest BCUT2D eigenvalue weighted by molar-refractivity contribution is -0.177. The van der Waals surface area contributed by atoms with Crippen LogP contribution in [0.25, 0.3) is 0 Å². The number of ether oxygens (including phenoxy) is 5. The maximum Gasteiger partial charge on any atom is 0.329 e. The highest BCUT2D eigenvalue weighted by molar-refractivity contribution is 5.94. The van der Waals surface area contributed by atoms with E-state index in [9.17, 15) is 49.2 Å². The number of carbonyl (C=O) groups excluding carboxylic acids is 4. The van der Waals surface area contributed by atoms with Crippen molar-refractivity contribution in [3.05, 3.63) is 431 Å². The Morgan fingerprint density at radius 2 is 0.450 bits per heavy atom. The average molecular weight is 1760 g/mol. The molecule has 5 heterocycles. The predicted molar refractivity (Wildman–Crippen MR) is 508 cm³/mol. The van der Waals surface area contributed by atoms with E-state index >= 15 is 0 Å². The summed E-state index contributed by atoms with van der Waals surface area (Å²) in [6.45, 7) is 5.61. The summed E-state index contributed by atoms with van der Waals surface area (Å²) in [7, 11) is 0. The molecule has 0 saturated carbocycles. The number of likely N-dealkylation sites (tertiary alicyclic amines) is 4. The molecule has 0 unspecified atom stereocenters. The standard InChI is InChI=1S/2C27H27NO4.2C27H29NO3.C4H8O/c2*29-26(24(21-14-6-2-7-15-21)22-16-8-3-9-17-22)28-19-23(25(28)27(30)31)32-18-10-13-20-11-4-1-5-12-20;2*29-20-24-25(31-18-10-13-21-11-4-1-5-12-21)19-28(24)27(30)26(22-14-6-2-7-15-22)23-16-8-3-9-17-23;1-2-4-5-3-1/h2*1-9,11-12,14-17,23-25H,10,13,18-19H2,(H,30,31);2*1-9,11-12,14-17,24-26,29H,10,13,18-20H2;1-4H2/t2*23-,25-;2*24-,25+;/m1010./s1. The Morgan fingerprint density at radius 1 is 0.267 bits per heavy atom. The fourth-order valence-electron chi connectivity index (χ4n) is 17.4. The highest BCUT2D eigenvalue weighted by atomic mass is 16.5. The average Bonchev–Trinajstić information content (AvgIpc) is 1.02. The second-order valence-corrected chi connectivity index (χ2v) is 33.4. The number of hydrogen-bond donors (Lipinski definition) is 4. The third-order valence-electron chi connectivity index (χ3n) is 24.6. The number of aliphatic hydroxyl groups excluding tert-OH is 2. The zero-order chi connectivity index (χ0) is 91.1. The van der Waals surface area contributed by atoms with Crippen molar-refractivity contribution in [2.75, 3.05) is 79.0 Å². The highest BCUT2D eigenvalue weighted by Crippen LogP contribution is 2.38. The van der Waals surface area contributed by atoms with Gasteiger partial charge in [0.1, 0.15) is 12.2 Å². The maximum absolute atomic E-state index is 13.5. The number of carboxylic acids is 2. The molecule has 5 aliphatic heterocycles. The number of rotatable bonds is 36. The first-order valence-corrected chi connectivity index (χ1v) is 45.8. The minimum atomic E-state index is -1.03. The maximum atomic E-state index is 13.5. The molecule has 5 saturated heterocycles. The van der Waals surface area contributed by atoms with Gasteiger partial charge in [0.25, 0.3) is 0 Å². The molecule has 4 N–H and O–H groups in total. The summed E-state index contributed by atoms with van der Waals surface area (Å²) >= 11 is 0. The van der Waals surface area contributed by atoms with Crippen LogP contribution in [0.15, 0.2) is 364 Å². The van der Waals surface area contributed by atoms with E-state index < -0.39 is 48.1 Å². The summed E-state index contributed by atoms with van der Waals surface area (Å²) in [4.78, 5) is 84.4. The van der Waals surface area contributed by atoms with Gasteiger partial charge in [0.05, 0.1) is 74.3 Å². The van der Waals surface area contributed by atoms with Crippen molar-refractivity contribution in [2.45, 2.75) is 136 Å². The molecule has 0 bridgehead atoms. The van der Waals surface area contributed by atoms with E-state index in [1.54, 1.807) is 9.80 Å². The zero-order valence-corrected chi connectivity index (χ0v) is 74.2. The number of carboxylic acid groups (broad SMARTS) is 2. The number of aliphatic hydroxyl groups is 2. The predicted octanol–water partition coefficient (Wildman–Crippen LogP) is 17.1. The Balaban J connectivity index is 0.000000146. The van der Waals surface area contributed by atoms with Crippen LogP contribution < -0.4 is 0 Å². The lowest BCUT2D eigenvalue weighted by Gasteiger charge is -2.48. The molecule has 131 heavy (non-hydrogen) atoms. The number of hydrogen-bond acceptors (Lipinski definition) is 13. The van der Waals surface area contributed by atoms with Crippen LogP contribution in [0.5, 0.6) is 0 Å². The number of nitrogens with zero attached hydrogens (tertiary/aromatic N) is 4. The Kier molecular flexibility index (Phi) is 37.2. The summed E-state index contributed by atoms with van der Waals surface area (Å²) in [5, 5.41) is 39.5. The van der Waals surface area contributed by atoms with Gasteiger partial charge in [-0.1, -0.05) is 364 Å². The molecule has 12 aromatic carbocycles. The fourth-order valence-corrected chi connectivity index (χ4v) is 17.4. The molecule has 8 atom stereocenters. The Hall–Kier alpha value is -12.8. The molecule has 12 aromatic rings. The van der Waals surface area contributed by atoms with Crippen LogP contribution in [0.1, 0.15) is 129 Å². The van der Waals surface area contributed by atoms with E-state index in [4.69, 9.17) is 23.7 Å². The van der Waals surface area contributed by atoms with E-state index in [1.807, 2.05) is 315 Å². The summed E-state index contributed by atoms with van der Waals surface area (Å²) < 4.78 is 28.7.